The number of aliphatic hydroxyl groups excluding tert-OH is 1. The van der Waals surface area contributed by atoms with Crippen molar-refractivity contribution in [2.45, 2.75) is 32.6 Å². The number of aliphatic hydroxyl groups is 1. The fourth-order valence-electron chi connectivity index (χ4n) is 0.932. The van der Waals surface area contributed by atoms with Gasteiger partial charge in [-0.15, -0.1) is 5.10 Å². The molecule has 0 aliphatic carbocycles. The van der Waals surface area contributed by atoms with Crippen molar-refractivity contribution >= 4 is 0 Å². The van der Waals surface area contributed by atoms with E-state index in [1.54, 1.807) is 24.9 Å². The maximum atomic E-state index is 9.18. The summed E-state index contributed by atoms with van der Waals surface area (Å²) < 4.78 is 6.74. The van der Waals surface area contributed by atoms with E-state index in [0.717, 1.165) is 0 Å². The third kappa shape index (κ3) is 2.78. The molecule has 1 aromatic rings. The van der Waals surface area contributed by atoms with Gasteiger partial charge >= 0.3 is 0 Å². The molecule has 13 heavy (non-hydrogen) atoms. The number of methoxy groups -OCH3 is 1. The van der Waals surface area contributed by atoms with Crippen LogP contribution in [-0.4, -0.2) is 33.3 Å². The highest BCUT2D eigenvalue weighted by molar-refractivity contribution is 4.95. The highest BCUT2D eigenvalue weighted by Crippen LogP contribution is 2.06. The van der Waals surface area contributed by atoms with Crippen LogP contribution >= 0.6 is 0 Å². The van der Waals surface area contributed by atoms with Gasteiger partial charge in [0.1, 0.15) is 5.69 Å². The van der Waals surface area contributed by atoms with Crippen LogP contribution in [0.3, 0.4) is 0 Å². The van der Waals surface area contributed by atoms with E-state index in [4.69, 9.17) is 4.74 Å². The minimum Gasteiger partial charge on any atom is -0.387 e. The van der Waals surface area contributed by atoms with E-state index in [2.05, 4.69) is 10.3 Å². The van der Waals surface area contributed by atoms with Gasteiger partial charge in [0.2, 0.25) is 0 Å². The fraction of sp³-hybridized carbons (Fsp3) is 0.750. The average molecular weight is 185 g/mol. The highest BCUT2D eigenvalue weighted by Gasteiger charge is 2.07. The van der Waals surface area contributed by atoms with Crippen LogP contribution in [0.5, 0.6) is 0 Å². The monoisotopic (exact) mass is 185 g/mol. The van der Waals surface area contributed by atoms with E-state index in [-0.39, 0.29) is 6.10 Å². The van der Waals surface area contributed by atoms with Gasteiger partial charge in [0.15, 0.2) is 0 Å². The Morgan fingerprint density at radius 1 is 1.62 bits per heavy atom. The number of nitrogens with zero attached hydrogens (tertiary/aromatic N) is 3. The summed E-state index contributed by atoms with van der Waals surface area (Å²) in [6, 6.07) is 0. The summed E-state index contributed by atoms with van der Waals surface area (Å²) in [4.78, 5) is 0. The second-order valence-electron chi connectivity index (χ2n) is 3.09. The van der Waals surface area contributed by atoms with Gasteiger partial charge < -0.3 is 9.84 Å². The molecule has 0 bridgehead atoms. The lowest BCUT2D eigenvalue weighted by molar-refractivity contribution is 0.0992. The summed E-state index contributed by atoms with van der Waals surface area (Å²) in [6.07, 6.45) is 1.26. The van der Waals surface area contributed by atoms with Crippen molar-refractivity contribution in [3.8, 4) is 0 Å². The summed E-state index contributed by atoms with van der Waals surface area (Å²) in [5, 5.41) is 16.8. The van der Waals surface area contributed by atoms with Crippen molar-refractivity contribution in [2.75, 3.05) is 7.11 Å². The largest absolute Gasteiger partial charge is 0.387 e. The molecule has 0 spiro atoms. The lowest BCUT2D eigenvalue weighted by Gasteiger charge is -2.07. The average Bonchev–Trinajstić information content (AvgIpc) is 2.52. The van der Waals surface area contributed by atoms with Gasteiger partial charge in [-0.2, -0.15) is 0 Å². The molecule has 0 aliphatic heterocycles. The van der Waals surface area contributed by atoms with Crippen LogP contribution < -0.4 is 0 Å². The Hall–Kier alpha value is -0.940. The Morgan fingerprint density at radius 2 is 2.31 bits per heavy atom. The maximum Gasteiger partial charge on any atom is 0.111 e. The minimum absolute atomic E-state index is 0.101. The first-order valence-electron chi connectivity index (χ1n) is 4.24. The van der Waals surface area contributed by atoms with Crippen LogP contribution in [0.4, 0.5) is 0 Å². The van der Waals surface area contributed by atoms with E-state index in [9.17, 15) is 5.11 Å². The van der Waals surface area contributed by atoms with E-state index in [1.165, 1.54) is 0 Å². The third-order valence-electron chi connectivity index (χ3n) is 1.83. The Labute approximate surface area is 77.3 Å². The molecular formula is C8H15N3O2. The zero-order chi connectivity index (χ0) is 9.84. The van der Waals surface area contributed by atoms with E-state index < -0.39 is 6.10 Å². The van der Waals surface area contributed by atoms with E-state index in [1.807, 2.05) is 6.92 Å². The summed E-state index contributed by atoms with van der Waals surface area (Å²) >= 11 is 0. The van der Waals surface area contributed by atoms with Crippen LogP contribution in [0.2, 0.25) is 0 Å². The predicted molar refractivity (Wildman–Crippen MR) is 47.1 cm³/mol. The molecule has 0 amide bonds. The predicted octanol–water partition coefficient (Wildman–Crippen LogP) is 0.366. The van der Waals surface area contributed by atoms with Crippen LogP contribution in [0, 0.1) is 0 Å². The molecule has 5 nitrogen and oxygen atoms in total. The maximum absolute atomic E-state index is 9.18. The van der Waals surface area contributed by atoms with E-state index in [0.29, 0.717) is 12.2 Å². The lowest BCUT2D eigenvalue weighted by Crippen LogP contribution is -2.15. The van der Waals surface area contributed by atoms with Gasteiger partial charge in [-0.1, -0.05) is 5.21 Å². The molecule has 0 aromatic carbocycles. The molecule has 0 radical (unpaired) electrons. The summed E-state index contributed by atoms with van der Waals surface area (Å²) in [5.41, 5.74) is 0.586. The molecule has 0 saturated carbocycles. The molecule has 0 fully saturated rings. The second-order valence-corrected chi connectivity index (χ2v) is 3.09. The molecule has 1 N–H and O–H groups in total. The van der Waals surface area contributed by atoms with Crippen molar-refractivity contribution in [3.05, 3.63) is 11.9 Å². The molecule has 1 heterocycles. The standard InChI is InChI=1S/C8H15N3O2/c1-6(13-3)4-11-5-8(7(2)12)9-10-11/h5-7,12H,4H2,1-3H3. The Kier molecular flexibility index (Phi) is 3.39. The fourth-order valence-corrected chi connectivity index (χ4v) is 0.932. The molecule has 0 saturated heterocycles. The van der Waals surface area contributed by atoms with Gasteiger partial charge in [-0.25, -0.2) is 4.68 Å². The molecule has 0 aliphatic rings. The molecule has 2 atom stereocenters. The van der Waals surface area contributed by atoms with Crippen molar-refractivity contribution in [1.29, 1.82) is 0 Å². The molecule has 74 valence electrons. The zero-order valence-corrected chi connectivity index (χ0v) is 8.14. The summed E-state index contributed by atoms with van der Waals surface area (Å²) in [6.45, 7) is 4.26. The molecule has 1 aromatic heterocycles. The number of aromatic nitrogens is 3. The smallest absolute Gasteiger partial charge is 0.111 e. The number of hydrogen-bond acceptors (Lipinski definition) is 4. The van der Waals surface area contributed by atoms with E-state index >= 15 is 0 Å². The first-order chi connectivity index (χ1) is 6.13. The summed E-state index contributed by atoms with van der Waals surface area (Å²) in [5.74, 6) is 0. The molecule has 1 rings (SSSR count). The van der Waals surface area contributed by atoms with Gasteiger partial charge in [-0.3, -0.25) is 0 Å². The normalized spacial score (nSPS) is 15.7. The SMILES string of the molecule is COC(C)Cn1cc(C(C)O)nn1. The Balaban J connectivity index is 2.58. The zero-order valence-electron chi connectivity index (χ0n) is 8.14. The quantitative estimate of drug-likeness (QED) is 0.736. The van der Waals surface area contributed by atoms with Gasteiger partial charge in [0.05, 0.1) is 24.9 Å². The Bertz CT molecular complexity index is 260. The van der Waals surface area contributed by atoms with Crippen LogP contribution in [0.25, 0.3) is 0 Å². The molecule has 2 unspecified atom stereocenters. The van der Waals surface area contributed by atoms with Crippen LogP contribution in [0.15, 0.2) is 6.20 Å². The van der Waals surface area contributed by atoms with Gasteiger partial charge in [0.25, 0.3) is 0 Å². The van der Waals surface area contributed by atoms with Gasteiger partial charge in [-0.05, 0) is 13.8 Å². The molecule has 5 heteroatoms. The minimum atomic E-state index is -0.563. The van der Waals surface area contributed by atoms with Crippen LogP contribution in [-0.2, 0) is 11.3 Å². The topological polar surface area (TPSA) is 60.2 Å². The summed E-state index contributed by atoms with van der Waals surface area (Å²) in [7, 11) is 1.65. The van der Waals surface area contributed by atoms with Crippen molar-refractivity contribution < 1.29 is 9.84 Å². The van der Waals surface area contributed by atoms with Crippen LogP contribution in [0.1, 0.15) is 25.6 Å². The molecular weight excluding hydrogens is 170 g/mol. The number of hydrogen-bond donors (Lipinski definition) is 1. The van der Waals surface area contributed by atoms with Crippen molar-refractivity contribution in [2.24, 2.45) is 0 Å². The van der Waals surface area contributed by atoms with Crippen molar-refractivity contribution in [1.82, 2.24) is 15.0 Å². The first kappa shape index (κ1) is 10.1. The second kappa shape index (κ2) is 4.34. The third-order valence-corrected chi connectivity index (χ3v) is 1.83. The van der Waals surface area contributed by atoms with Gasteiger partial charge in [0, 0.05) is 7.11 Å². The number of ether oxygens (including phenoxy) is 1. The van der Waals surface area contributed by atoms with Crippen molar-refractivity contribution in [3.63, 3.8) is 0 Å². The number of rotatable bonds is 4. The first-order valence-corrected chi connectivity index (χ1v) is 4.24. The highest BCUT2D eigenvalue weighted by atomic mass is 16.5. The lowest BCUT2D eigenvalue weighted by atomic mass is 10.3. The Morgan fingerprint density at radius 3 is 2.77 bits per heavy atom.